The maximum atomic E-state index is 13.1. The molecule has 0 aliphatic carbocycles. The quantitative estimate of drug-likeness (QED) is 0.103. The van der Waals surface area contributed by atoms with Crippen LogP contribution >= 0.6 is 0 Å². The monoisotopic (exact) mass is 728 g/mol. The Morgan fingerprint density at radius 2 is 0.906 bits per heavy atom. The molecule has 0 spiro atoms. The standard InChI is InChI=1S/C44H40F6NO2/c1-3-5-23-51(24-6-4-2)27-39-37(29-15-19-33(20-16-29)52-43(45,46)47)25-31-11-7-9-13-35(31)41(39)42-36-14-10-8-12-32(36)26-38(40(42)28-51)30-17-21-34(22-18-30)53-44(48,49)50/h7-22,25-26H,3-6,23-24,27-28H2,1-2H3/q+1. The minimum Gasteiger partial charge on any atom is -0.406 e. The number of alkyl halides is 6. The second-order valence-corrected chi connectivity index (χ2v) is 14.0. The summed E-state index contributed by atoms with van der Waals surface area (Å²) in [6, 6.07) is 33.0. The van der Waals surface area contributed by atoms with Gasteiger partial charge in [0.15, 0.2) is 0 Å². The Balaban J connectivity index is 1.57. The van der Waals surface area contributed by atoms with Gasteiger partial charge in [0.2, 0.25) is 0 Å². The predicted molar refractivity (Wildman–Crippen MR) is 198 cm³/mol. The van der Waals surface area contributed by atoms with Crippen LogP contribution in [0.4, 0.5) is 26.3 Å². The molecular formula is C44H40F6NO2+. The zero-order valence-electron chi connectivity index (χ0n) is 29.6. The van der Waals surface area contributed by atoms with E-state index in [0.29, 0.717) is 13.1 Å². The highest BCUT2D eigenvalue weighted by Crippen LogP contribution is 2.50. The molecule has 1 aliphatic rings. The third-order valence-corrected chi connectivity index (χ3v) is 10.3. The van der Waals surface area contributed by atoms with Crippen molar-refractivity contribution in [3.8, 4) is 44.9 Å². The fraction of sp³-hybridized carbons (Fsp3) is 0.273. The lowest BCUT2D eigenvalue weighted by atomic mass is 9.82. The number of fused-ring (bicyclic) bond motifs is 7. The lowest BCUT2D eigenvalue weighted by Gasteiger charge is -2.39. The first-order valence-electron chi connectivity index (χ1n) is 18.0. The second kappa shape index (κ2) is 14.4. The molecule has 0 atom stereocenters. The van der Waals surface area contributed by atoms with Gasteiger partial charge in [-0.15, -0.1) is 26.3 Å². The molecule has 53 heavy (non-hydrogen) atoms. The Hall–Kier alpha value is -5.02. The largest absolute Gasteiger partial charge is 0.573 e. The molecule has 0 bridgehead atoms. The van der Waals surface area contributed by atoms with Crippen LogP contribution in [0.3, 0.4) is 0 Å². The number of nitrogens with zero attached hydrogens (tertiary/aromatic N) is 1. The number of benzene rings is 6. The normalized spacial score (nSPS) is 14.1. The molecule has 0 N–H and O–H groups in total. The van der Waals surface area contributed by atoms with Gasteiger partial charge in [-0.3, -0.25) is 0 Å². The summed E-state index contributed by atoms with van der Waals surface area (Å²) in [6.45, 7) is 7.57. The Kier molecular flexibility index (Phi) is 9.89. The van der Waals surface area contributed by atoms with Crippen LogP contribution in [-0.2, 0) is 13.1 Å². The van der Waals surface area contributed by atoms with E-state index in [0.717, 1.165) is 109 Å². The number of quaternary nitrogens is 1. The first-order chi connectivity index (χ1) is 25.4. The number of hydrogen-bond donors (Lipinski definition) is 0. The molecule has 0 aromatic heterocycles. The maximum Gasteiger partial charge on any atom is 0.573 e. The van der Waals surface area contributed by atoms with Crippen molar-refractivity contribution >= 4 is 21.5 Å². The zero-order valence-corrected chi connectivity index (χ0v) is 29.6. The minimum atomic E-state index is -4.80. The van der Waals surface area contributed by atoms with Gasteiger partial charge in [-0.05, 0) is 93.0 Å². The predicted octanol–water partition coefficient (Wildman–Crippen LogP) is 13.2. The molecule has 7 rings (SSSR count). The van der Waals surface area contributed by atoms with Gasteiger partial charge in [0.05, 0.1) is 13.1 Å². The highest BCUT2D eigenvalue weighted by Gasteiger charge is 2.38. The fourth-order valence-corrected chi connectivity index (χ4v) is 8.01. The van der Waals surface area contributed by atoms with E-state index >= 15 is 0 Å². The van der Waals surface area contributed by atoms with Crippen LogP contribution in [0.15, 0.2) is 109 Å². The summed E-state index contributed by atoms with van der Waals surface area (Å²) < 4.78 is 88.0. The molecule has 0 saturated heterocycles. The lowest BCUT2D eigenvalue weighted by molar-refractivity contribution is -0.953. The van der Waals surface area contributed by atoms with E-state index in [1.165, 1.54) is 24.3 Å². The number of rotatable bonds is 10. The van der Waals surface area contributed by atoms with E-state index in [1.807, 2.05) is 24.3 Å². The number of hydrogen-bond acceptors (Lipinski definition) is 2. The summed E-state index contributed by atoms with van der Waals surface area (Å²) in [7, 11) is 0. The van der Waals surface area contributed by atoms with Crippen molar-refractivity contribution in [1.82, 2.24) is 0 Å². The van der Waals surface area contributed by atoms with Crippen molar-refractivity contribution in [2.75, 3.05) is 13.1 Å². The van der Waals surface area contributed by atoms with Crippen molar-refractivity contribution in [2.45, 2.75) is 65.3 Å². The molecule has 9 heteroatoms. The van der Waals surface area contributed by atoms with E-state index in [9.17, 15) is 26.3 Å². The van der Waals surface area contributed by atoms with E-state index in [-0.39, 0.29) is 11.5 Å². The highest BCUT2D eigenvalue weighted by molar-refractivity contribution is 6.12. The number of halogens is 6. The van der Waals surface area contributed by atoms with Crippen LogP contribution < -0.4 is 9.47 Å². The van der Waals surface area contributed by atoms with Gasteiger partial charge < -0.3 is 14.0 Å². The van der Waals surface area contributed by atoms with Crippen LogP contribution in [-0.4, -0.2) is 30.3 Å². The molecule has 274 valence electrons. The lowest BCUT2D eigenvalue weighted by Crippen LogP contribution is -2.47. The van der Waals surface area contributed by atoms with E-state index in [1.54, 1.807) is 24.3 Å². The third-order valence-electron chi connectivity index (χ3n) is 10.3. The van der Waals surface area contributed by atoms with Crippen LogP contribution in [0.1, 0.15) is 50.7 Å². The first-order valence-corrected chi connectivity index (χ1v) is 18.0. The summed E-state index contributed by atoms with van der Waals surface area (Å²) in [5.74, 6) is -0.562. The van der Waals surface area contributed by atoms with Crippen LogP contribution in [0.25, 0.3) is 54.9 Å². The van der Waals surface area contributed by atoms with E-state index < -0.39 is 12.7 Å². The van der Waals surface area contributed by atoms with Gasteiger partial charge in [0.1, 0.15) is 24.6 Å². The Morgan fingerprint density at radius 1 is 0.528 bits per heavy atom. The van der Waals surface area contributed by atoms with Crippen molar-refractivity contribution < 1.29 is 40.3 Å². The average molecular weight is 729 g/mol. The van der Waals surface area contributed by atoms with Gasteiger partial charge in [0.25, 0.3) is 0 Å². The summed E-state index contributed by atoms with van der Waals surface area (Å²) in [4.78, 5) is 0. The van der Waals surface area contributed by atoms with Crippen LogP contribution in [0.2, 0.25) is 0 Å². The van der Waals surface area contributed by atoms with Crippen LogP contribution in [0, 0.1) is 0 Å². The second-order valence-electron chi connectivity index (χ2n) is 14.0. The molecule has 0 unspecified atom stereocenters. The summed E-state index contributed by atoms with van der Waals surface area (Å²) in [6.07, 6.45) is -5.61. The molecule has 0 radical (unpaired) electrons. The highest BCUT2D eigenvalue weighted by atomic mass is 19.4. The van der Waals surface area contributed by atoms with E-state index in [4.69, 9.17) is 0 Å². The van der Waals surface area contributed by atoms with Gasteiger partial charge >= 0.3 is 12.7 Å². The van der Waals surface area contributed by atoms with Crippen molar-refractivity contribution in [3.63, 3.8) is 0 Å². The van der Waals surface area contributed by atoms with Crippen molar-refractivity contribution in [3.05, 3.63) is 120 Å². The van der Waals surface area contributed by atoms with Crippen molar-refractivity contribution in [2.24, 2.45) is 0 Å². The number of unbranched alkanes of at least 4 members (excludes halogenated alkanes) is 2. The summed E-state index contributed by atoms with van der Waals surface area (Å²) >= 11 is 0. The Labute approximate surface area is 305 Å². The Bertz CT molecular complexity index is 2080. The SMILES string of the molecule is CCCC[N+]1(CCCC)Cc2c(-c3ccc(OC(F)(F)F)cc3)cc3ccccc3c2-c2c(c(-c3ccc(OC(F)(F)F)cc3)cc3ccccc23)C1. The van der Waals surface area contributed by atoms with Crippen LogP contribution in [0.5, 0.6) is 11.5 Å². The fourth-order valence-electron chi connectivity index (χ4n) is 8.01. The van der Waals surface area contributed by atoms with Gasteiger partial charge in [-0.2, -0.15) is 0 Å². The third kappa shape index (κ3) is 7.72. The zero-order chi connectivity index (χ0) is 37.4. The minimum absolute atomic E-state index is 0.281. The molecule has 3 nitrogen and oxygen atoms in total. The molecular weight excluding hydrogens is 688 g/mol. The molecule has 6 aromatic carbocycles. The molecule has 6 aromatic rings. The number of ether oxygens (including phenoxy) is 2. The van der Waals surface area contributed by atoms with E-state index in [2.05, 4.69) is 59.7 Å². The summed E-state index contributed by atoms with van der Waals surface area (Å²) in [5, 5.41) is 4.11. The van der Waals surface area contributed by atoms with Gasteiger partial charge in [-0.1, -0.05) is 99.5 Å². The van der Waals surface area contributed by atoms with Crippen molar-refractivity contribution in [1.29, 1.82) is 0 Å². The molecule has 0 saturated carbocycles. The Morgan fingerprint density at radius 3 is 1.26 bits per heavy atom. The molecule has 0 fully saturated rings. The van der Waals surface area contributed by atoms with Gasteiger partial charge in [-0.25, -0.2) is 0 Å². The first kappa shape index (κ1) is 36.3. The van der Waals surface area contributed by atoms with Gasteiger partial charge in [0, 0.05) is 22.3 Å². The molecule has 1 aliphatic heterocycles. The topological polar surface area (TPSA) is 18.5 Å². The summed E-state index contributed by atoms with van der Waals surface area (Å²) in [5.41, 5.74) is 7.86. The smallest absolute Gasteiger partial charge is 0.406 e. The molecule has 1 heterocycles. The average Bonchev–Trinajstić information content (AvgIpc) is 3.27. The molecule has 0 amide bonds. The maximum absolute atomic E-state index is 13.1.